The second-order valence-electron chi connectivity index (χ2n) is 8.42. The van der Waals surface area contributed by atoms with Crippen LogP contribution in [-0.4, -0.2) is 35.2 Å². The Hall–Kier alpha value is -5.37. The van der Waals surface area contributed by atoms with Gasteiger partial charge in [-0.3, -0.25) is 0 Å². The molecule has 0 fully saturated rings. The Morgan fingerprint density at radius 3 is 1.61 bits per heavy atom. The van der Waals surface area contributed by atoms with E-state index in [-0.39, 0.29) is 39.7 Å². The first-order valence-corrected chi connectivity index (χ1v) is 11.4. The molecule has 0 unspecified atom stereocenters. The van der Waals surface area contributed by atoms with Gasteiger partial charge in [-0.2, -0.15) is 0 Å². The molecule has 8 nitrogen and oxygen atoms in total. The average Bonchev–Trinajstić information content (AvgIpc) is 2.92. The largest absolute Gasteiger partial charge is 0.508 e. The monoisotopic (exact) mass is 508 g/mol. The lowest BCUT2D eigenvalue weighted by molar-refractivity contribution is 0.0589. The van der Waals surface area contributed by atoms with Gasteiger partial charge in [-0.1, -0.05) is 24.3 Å². The van der Waals surface area contributed by atoms with Crippen molar-refractivity contribution in [1.29, 1.82) is 0 Å². The summed E-state index contributed by atoms with van der Waals surface area (Å²) in [4.78, 5) is 38.0. The van der Waals surface area contributed by atoms with Gasteiger partial charge in [0.2, 0.25) is 0 Å². The number of rotatable bonds is 5. The second kappa shape index (κ2) is 9.94. The summed E-state index contributed by atoms with van der Waals surface area (Å²) >= 11 is 0. The molecule has 0 aliphatic rings. The lowest BCUT2D eigenvalue weighted by Gasteiger charge is -2.12. The Labute approximate surface area is 216 Å². The third kappa shape index (κ3) is 4.96. The molecule has 0 spiro atoms. The van der Waals surface area contributed by atoms with Gasteiger partial charge in [0.05, 0.1) is 18.2 Å². The van der Waals surface area contributed by atoms with Gasteiger partial charge in [0.1, 0.15) is 28.6 Å². The van der Waals surface area contributed by atoms with Crippen molar-refractivity contribution in [1.82, 2.24) is 0 Å². The van der Waals surface area contributed by atoms with Crippen LogP contribution in [0.3, 0.4) is 0 Å². The van der Waals surface area contributed by atoms with Crippen molar-refractivity contribution in [2.45, 2.75) is 0 Å². The molecule has 0 aromatic heterocycles. The van der Waals surface area contributed by atoms with E-state index in [2.05, 4.69) is 0 Å². The van der Waals surface area contributed by atoms with Gasteiger partial charge in [0.25, 0.3) is 0 Å². The van der Waals surface area contributed by atoms with Crippen LogP contribution in [-0.2, 0) is 4.74 Å². The van der Waals surface area contributed by atoms with E-state index in [9.17, 15) is 24.6 Å². The molecule has 0 aliphatic carbocycles. The molecule has 5 aromatic rings. The lowest BCUT2D eigenvalue weighted by Crippen LogP contribution is -2.13. The number of benzene rings is 5. The van der Waals surface area contributed by atoms with Gasteiger partial charge < -0.3 is 24.4 Å². The van der Waals surface area contributed by atoms with Gasteiger partial charge in [-0.15, -0.1) is 0 Å². The van der Waals surface area contributed by atoms with Crippen LogP contribution in [0.5, 0.6) is 23.0 Å². The molecule has 0 radical (unpaired) electrons. The van der Waals surface area contributed by atoms with E-state index in [4.69, 9.17) is 14.2 Å². The molecule has 2 N–H and O–H groups in total. The molecule has 0 saturated carbocycles. The highest BCUT2D eigenvalue weighted by Gasteiger charge is 2.20. The fourth-order valence-electron chi connectivity index (χ4n) is 3.98. The molecule has 0 heterocycles. The number of hydrogen-bond acceptors (Lipinski definition) is 8. The van der Waals surface area contributed by atoms with Crippen LogP contribution in [0.4, 0.5) is 0 Å². The van der Waals surface area contributed by atoms with E-state index < -0.39 is 17.9 Å². The molecule has 38 heavy (non-hydrogen) atoms. The quantitative estimate of drug-likeness (QED) is 0.232. The van der Waals surface area contributed by atoms with E-state index in [0.29, 0.717) is 0 Å². The highest BCUT2D eigenvalue weighted by Crippen LogP contribution is 2.28. The molecular formula is C30H20O8. The normalized spacial score (nSPS) is 10.8. The first kappa shape index (κ1) is 24.3. The zero-order valence-corrected chi connectivity index (χ0v) is 20.0. The average molecular weight is 508 g/mol. The molecular weight excluding hydrogens is 488 g/mol. The second-order valence-corrected chi connectivity index (χ2v) is 8.42. The van der Waals surface area contributed by atoms with Crippen molar-refractivity contribution >= 4 is 39.5 Å². The number of aromatic hydroxyl groups is 2. The van der Waals surface area contributed by atoms with Gasteiger partial charge in [-0.25, -0.2) is 14.4 Å². The summed E-state index contributed by atoms with van der Waals surface area (Å²) in [5.74, 6) is -1.96. The third-order valence-electron chi connectivity index (χ3n) is 5.89. The first-order chi connectivity index (χ1) is 18.3. The Kier molecular flexibility index (Phi) is 6.37. The van der Waals surface area contributed by atoms with Gasteiger partial charge in [-0.05, 0) is 88.3 Å². The van der Waals surface area contributed by atoms with Crippen molar-refractivity contribution in [3.63, 3.8) is 0 Å². The molecule has 0 bridgehead atoms. The predicted octanol–water partition coefficient (Wildman–Crippen LogP) is 5.63. The van der Waals surface area contributed by atoms with Gasteiger partial charge in [0, 0.05) is 0 Å². The van der Waals surface area contributed by atoms with Crippen molar-refractivity contribution in [2.24, 2.45) is 0 Å². The molecule has 188 valence electrons. The van der Waals surface area contributed by atoms with E-state index in [1.54, 1.807) is 60.7 Å². The van der Waals surface area contributed by atoms with Crippen LogP contribution >= 0.6 is 0 Å². The molecule has 8 heteroatoms. The summed E-state index contributed by atoms with van der Waals surface area (Å²) in [6.45, 7) is 0. The standard InChI is InChI=1S/C30H20O8/c1-36-30(35)26-16-25(37-28(33)21-4-2-19-14-23(31)8-6-17(19)12-21)10-11-27(26)38-29(34)22-5-3-20-15-24(32)9-7-18(20)13-22/h2-16,31-32H,1H3. The number of hydrogen-bond donors (Lipinski definition) is 2. The smallest absolute Gasteiger partial charge is 0.343 e. The first-order valence-electron chi connectivity index (χ1n) is 11.4. The Balaban J connectivity index is 1.38. The summed E-state index contributed by atoms with van der Waals surface area (Å²) in [6, 6.07) is 23.2. The number of phenolic OH excluding ortho intramolecular Hbond substituents is 2. The van der Waals surface area contributed by atoms with E-state index in [1.165, 1.54) is 37.4 Å². The molecule has 0 atom stereocenters. The van der Waals surface area contributed by atoms with Crippen LogP contribution in [0, 0.1) is 0 Å². The number of methoxy groups -OCH3 is 1. The zero-order chi connectivity index (χ0) is 26.8. The summed E-state index contributed by atoms with van der Waals surface area (Å²) < 4.78 is 15.8. The van der Waals surface area contributed by atoms with Crippen molar-refractivity contribution < 1.29 is 38.8 Å². The SMILES string of the molecule is COC(=O)c1cc(OC(=O)c2ccc3cc(O)ccc3c2)ccc1OC(=O)c1ccc2cc(O)ccc2c1. The topological polar surface area (TPSA) is 119 Å². The van der Waals surface area contributed by atoms with E-state index in [1.807, 2.05) is 0 Å². The van der Waals surface area contributed by atoms with Gasteiger partial charge in [0.15, 0.2) is 0 Å². The fourth-order valence-corrected chi connectivity index (χ4v) is 3.98. The van der Waals surface area contributed by atoms with Crippen molar-refractivity contribution in [3.8, 4) is 23.0 Å². The van der Waals surface area contributed by atoms with Crippen LogP contribution in [0.25, 0.3) is 21.5 Å². The zero-order valence-electron chi connectivity index (χ0n) is 20.0. The van der Waals surface area contributed by atoms with E-state index in [0.717, 1.165) is 21.5 Å². The van der Waals surface area contributed by atoms with Crippen LogP contribution < -0.4 is 9.47 Å². The Bertz CT molecular complexity index is 1740. The summed E-state index contributed by atoms with van der Waals surface area (Å²) in [6.07, 6.45) is 0. The minimum atomic E-state index is -0.787. The highest BCUT2D eigenvalue weighted by molar-refractivity contribution is 6.00. The number of ether oxygens (including phenoxy) is 3. The minimum absolute atomic E-state index is 0.0477. The molecule has 0 saturated heterocycles. The Morgan fingerprint density at radius 1 is 0.553 bits per heavy atom. The van der Waals surface area contributed by atoms with Crippen molar-refractivity contribution in [2.75, 3.05) is 7.11 Å². The Morgan fingerprint density at radius 2 is 1.05 bits per heavy atom. The summed E-state index contributed by atoms with van der Waals surface area (Å²) in [5.41, 5.74) is 0.396. The number of phenols is 2. The maximum absolute atomic E-state index is 12.8. The lowest BCUT2D eigenvalue weighted by atomic mass is 10.1. The third-order valence-corrected chi connectivity index (χ3v) is 5.89. The number of carbonyl (C=O) groups is 3. The highest BCUT2D eigenvalue weighted by atomic mass is 16.5. The summed E-state index contributed by atoms with van der Waals surface area (Å²) in [5, 5.41) is 22.2. The fraction of sp³-hybridized carbons (Fsp3) is 0.0333. The molecule has 0 aliphatic heterocycles. The van der Waals surface area contributed by atoms with E-state index >= 15 is 0 Å². The summed E-state index contributed by atoms with van der Waals surface area (Å²) in [7, 11) is 1.18. The number of fused-ring (bicyclic) bond motifs is 2. The van der Waals surface area contributed by atoms with Crippen LogP contribution in [0.2, 0.25) is 0 Å². The van der Waals surface area contributed by atoms with Crippen LogP contribution in [0.1, 0.15) is 31.1 Å². The van der Waals surface area contributed by atoms with Crippen LogP contribution in [0.15, 0.2) is 91.0 Å². The molecule has 0 amide bonds. The minimum Gasteiger partial charge on any atom is -0.508 e. The predicted molar refractivity (Wildman–Crippen MR) is 139 cm³/mol. The number of carbonyl (C=O) groups excluding carboxylic acids is 3. The maximum atomic E-state index is 12.8. The molecule has 5 rings (SSSR count). The van der Waals surface area contributed by atoms with Crippen molar-refractivity contribution in [3.05, 3.63) is 108 Å². The number of esters is 3. The molecule has 5 aromatic carbocycles. The maximum Gasteiger partial charge on any atom is 0.343 e. The van der Waals surface area contributed by atoms with Gasteiger partial charge >= 0.3 is 17.9 Å².